The van der Waals surface area contributed by atoms with Crippen LogP contribution in [0.25, 0.3) is 0 Å². The first-order valence-corrected chi connectivity index (χ1v) is 12.5. The Bertz CT molecular complexity index is 1090. The molecule has 0 aliphatic rings. The normalized spacial score (nSPS) is 12.7. The van der Waals surface area contributed by atoms with Gasteiger partial charge in [0.05, 0.1) is 18.2 Å². The molecule has 0 saturated carbocycles. The van der Waals surface area contributed by atoms with Crippen LogP contribution in [0.3, 0.4) is 0 Å². The van der Waals surface area contributed by atoms with Crippen molar-refractivity contribution in [3.63, 3.8) is 0 Å². The molecule has 0 aliphatic carbocycles. The molecule has 7 nitrogen and oxygen atoms in total. The first-order chi connectivity index (χ1) is 16.4. The molecule has 2 aromatic rings. The number of rotatable bonds is 11. The van der Waals surface area contributed by atoms with E-state index < -0.39 is 22.5 Å². The number of carboxylic acids is 1. The standard InChI is InChI=1S/C27H35N3O4S/c1-7-8-15-34-25(29-20-10-12-21(13-11-20)35-27(5,6)26(32)33)19(4)23(28)24(31)30-22-14-9-17(2)16-18(22)3/h9-14,16,19,28H,7-8,15H2,1-6H3,(H,30,31)(H,32,33). The van der Waals surface area contributed by atoms with E-state index >= 15 is 0 Å². The number of ether oxygens (including phenoxy) is 1. The predicted octanol–water partition coefficient (Wildman–Crippen LogP) is 6.40. The molecule has 0 heterocycles. The van der Waals surface area contributed by atoms with Gasteiger partial charge in [-0.3, -0.25) is 15.0 Å². The van der Waals surface area contributed by atoms with Crippen LogP contribution in [0.1, 0.15) is 51.7 Å². The fourth-order valence-electron chi connectivity index (χ4n) is 3.09. The maximum absolute atomic E-state index is 12.8. The maximum Gasteiger partial charge on any atom is 0.319 e. The molecular formula is C27H35N3O4S. The van der Waals surface area contributed by atoms with Gasteiger partial charge in [-0.25, -0.2) is 4.99 Å². The predicted molar refractivity (Wildman–Crippen MR) is 143 cm³/mol. The average molecular weight is 498 g/mol. The summed E-state index contributed by atoms with van der Waals surface area (Å²) in [7, 11) is 0. The zero-order valence-electron chi connectivity index (χ0n) is 21.3. The quantitative estimate of drug-likeness (QED) is 0.144. The van der Waals surface area contributed by atoms with E-state index in [1.165, 1.54) is 11.8 Å². The summed E-state index contributed by atoms with van der Waals surface area (Å²) < 4.78 is 4.95. The van der Waals surface area contributed by atoms with Crippen molar-refractivity contribution in [2.75, 3.05) is 11.9 Å². The third-order valence-electron chi connectivity index (χ3n) is 5.39. The van der Waals surface area contributed by atoms with Gasteiger partial charge < -0.3 is 15.2 Å². The number of benzene rings is 2. The highest BCUT2D eigenvalue weighted by molar-refractivity contribution is 8.01. The molecule has 8 heteroatoms. The third-order valence-corrected chi connectivity index (χ3v) is 6.58. The molecule has 0 spiro atoms. The SMILES string of the molecule is CCCCOC(=Nc1ccc(SC(C)(C)C(=O)O)cc1)C(C)C(=N)C(=O)Nc1ccc(C)cc1C. The van der Waals surface area contributed by atoms with E-state index in [1.807, 2.05) is 32.0 Å². The number of hydrogen-bond donors (Lipinski definition) is 3. The monoisotopic (exact) mass is 497 g/mol. The van der Waals surface area contributed by atoms with E-state index in [4.69, 9.17) is 10.1 Å². The first-order valence-electron chi connectivity index (χ1n) is 11.7. The molecule has 1 amide bonds. The number of nitrogens with one attached hydrogen (secondary N) is 2. The summed E-state index contributed by atoms with van der Waals surface area (Å²) in [4.78, 5) is 29.6. The van der Waals surface area contributed by atoms with Crippen LogP contribution in [0.4, 0.5) is 11.4 Å². The van der Waals surface area contributed by atoms with Gasteiger partial charge in [0.2, 0.25) is 0 Å². The largest absolute Gasteiger partial charge is 0.480 e. The number of carbonyl (C=O) groups is 2. The van der Waals surface area contributed by atoms with E-state index in [2.05, 4.69) is 17.2 Å². The van der Waals surface area contributed by atoms with Crippen LogP contribution in [0.15, 0.2) is 52.4 Å². The topological polar surface area (TPSA) is 112 Å². The second-order valence-corrected chi connectivity index (χ2v) is 10.7. The maximum atomic E-state index is 12.8. The second-order valence-electron chi connectivity index (χ2n) is 8.97. The van der Waals surface area contributed by atoms with E-state index in [9.17, 15) is 14.7 Å². The molecular weight excluding hydrogens is 462 g/mol. The van der Waals surface area contributed by atoms with Gasteiger partial charge in [0, 0.05) is 10.6 Å². The number of anilines is 1. The summed E-state index contributed by atoms with van der Waals surface area (Å²) in [5.41, 5.74) is 3.15. The Morgan fingerprint density at radius 3 is 2.40 bits per heavy atom. The lowest BCUT2D eigenvalue weighted by Crippen LogP contribution is -2.33. The van der Waals surface area contributed by atoms with Gasteiger partial charge in [0.15, 0.2) is 5.90 Å². The van der Waals surface area contributed by atoms with Crippen LogP contribution in [-0.2, 0) is 14.3 Å². The molecule has 0 fully saturated rings. The van der Waals surface area contributed by atoms with Gasteiger partial charge in [-0.05, 0) is 76.9 Å². The Morgan fingerprint density at radius 1 is 1.17 bits per heavy atom. The molecule has 188 valence electrons. The van der Waals surface area contributed by atoms with Crippen LogP contribution >= 0.6 is 11.8 Å². The molecule has 1 atom stereocenters. The smallest absolute Gasteiger partial charge is 0.319 e. The Labute approximate surface area is 211 Å². The summed E-state index contributed by atoms with van der Waals surface area (Å²) >= 11 is 1.25. The molecule has 0 saturated heterocycles. The third kappa shape index (κ3) is 8.24. The Kier molecular flexibility index (Phi) is 10.1. The van der Waals surface area contributed by atoms with Gasteiger partial charge in [-0.2, -0.15) is 0 Å². The summed E-state index contributed by atoms with van der Waals surface area (Å²) in [5.74, 6) is -1.75. The number of aliphatic carboxylic acids is 1. The Hall–Kier alpha value is -3.13. The van der Waals surface area contributed by atoms with Crippen molar-refractivity contribution >= 4 is 46.6 Å². The van der Waals surface area contributed by atoms with Crippen LogP contribution in [0.2, 0.25) is 0 Å². The number of amides is 1. The second kappa shape index (κ2) is 12.5. The lowest BCUT2D eigenvalue weighted by atomic mass is 10.0. The highest BCUT2D eigenvalue weighted by Gasteiger charge is 2.28. The number of hydrogen-bond acceptors (Lipinski definition) is 6. The number of aryl methyl sites for hydroxylation is 2. The summed E-state index contributed by atoms with van der Waals surface area (Å²) in [6.45, 7) is 11.4. The van der Waals surface area contributed by atoms with Gasteiger partial charge in [0.1, 0.15) is 10.5 Å². The zero-order valence-corrected chi connectivity index (χ0v) is 22.1. The number of carbonyl (C=O) groups excluding carboxylic acids is 1. The lowest BCUT2D eigenvalue weighted by Gasteiger charge is -2.19. The van der Waals surface area contributed by atoms with Crippen molar-refractivity contribution in [3.8, 4) is 0 Å². The number of nitrogens with zero attached hydrogens (tertiary/aromatic N) is 1. The number of unbranched alkanes of at least 4 members (excludes halogenated alkanes) is 1. The summed E-state index contributed by atoms with van der Waals surface area (Å²) in [6.07, 6.45) is 1.77. The highest BCUT2D eigenvalue weighted by Crippen LogP contribution is 2.33. The minimum absolute atomic E-state index is 0.143. The van der Waals surface area contributed by atoms with Crippen molar-refractivity contribution in [3.05, 3.63) is 53.6 Å². The molecule has 1 unspecified atom stereocenters. The fraction of sp³-hybridized carbons (Fsp3) is 0.407. The van der Waals surface area contributed by atoms with E-state index in [0.29, 0.717) is 23.9 Å². The van der Waals surface area contributed by atoms with Crippen molar-refractivity contribution < 1.29 is 19.4 Å². The van der Waals surface area contributed by atoms with Crippen LogP contribution < -0.4 is 5.32 Å². The fourth-order valence-corrected chi connectivity index (χ4v) is 4.04. The van der Waals surface area contributed by atoms with Gasteiger partial charge >= 0.3 is 5.97 Å². The Morgan fingerprint density at radius 2 is 1.83 bits per heavy atom. The van der Waals surface area contributed by atoms with Gasteiger partial charge in [-0.1, -0.05) is 31.0 Å². The van der Waals surface area contributed by atoms with Crippen molar-refractivity contribution in [1.82, 2.24) is 0 Å². The van der Waals surface area contributed by atoms with Crippen LogP contribution in [0.5, 0.6) is 0 Å². The van der Waals surface area contributed by atoms with Gasteiger partial charge in [0.25, 0.3) is 5.91 Å². The molecule has 0 bridgehead atoms. The highest BCUT2D eigenvalue weighted by atomic mass is 32.2. The van der Waals surface area contributed by atoms with Crippen molar-refractivity contribution in [2.45, 2.75) is 64.0 Å². The van der Waals surface area contributed by atoms with Crippen LogP contribution in [-0.4, -0.2) is 39.9 Å². The van der Waals surface area contributed by atoms with E-state index in [-0.39, 0.29) is 5.71 Å². The van der Waals surface area contributed by atoms with Crippen LogP contribution in [0, 0.1) is 25.2 Å². The Balaban J connectivity index is 2.21. The zero-order chi connectivity index (χ0) is 26.2. The molecule has 3 N–H and O–H groups in total. The number of thioether (sulfide) groups is 1. The van der Waals surface area contributed by atoms with Gasteiger partial charge in [-0.15, -0.1) is 11.8 Å². The van der Waals surface area contributed by atoms with Crippen molar-refractivity contribution in [2.24, 2.45) is 10.9 Å². The minimum Gasteiger partial charge on any atom is -0.480 e. The van der Waals surface area contributed by atoms with E-state index in [1.54, 1.807) is 45.0 Å². The molecule has 35 heavy (non-hydrogen) atoms. The summed E-state index contributed by atoms with van der Waals surface area (Å²) in [5, 5.41) is 20.6. The number of aliphatic imine (C=N–C) groups is 1. The number of carboxylic acid groups (broad SMARTS) is 1. The molecule has 0 aliphatic heterocycles. The average Bonchev–Trinajstić information content (AvgIpc) is 2.80. The van der Waals surface area contributed by atoms with E-state index in [0.717, 1.165) is 28.9 Å². The molecule has 2 rings (SSSR count). The minimum atomic E-state index is -0.952. The van der Waals surface area contributed by atoms with Crippen molar-refractivity contribution in [1.29, 1.82) is 5.41 Å². The molecule has 0 aromatic heterocycles. The molecule has 2 aromatic carbocycles. The molecule has 0 radical (unpaired) electrons. The lowest BCUT2D eigenvalue weighted by molar-refractivity contribution is -0.138. The summed E-state index contributed by atoms with van der Waals surface area (Å²) in [6, 6.07) is 12.9. The first kappa shape index (κ1) is 28.1.